The Balaban J connectivity index is 1.53. The number of alkyl halides is 3. The molecule has 182 valence electrons. The first-order valence-corrected chi connectivity index (χ1v) is 11.1. The average Bonchev–Trinajstić information content (AvgIpc) is 3.45. The van der Waals surface area contributed by atoms with Gasteiger partial charge in [-0.25, -0.2) is 9.78 Å². The summed E-state index contributed by atoms with van der Waals surface area (Å²) in [6.07, 6.45) is -3.15. The number of hydrogen-bond acceptors (Lipinski definition) is 5. The van der Waals surface area contributed by atoms with Gasteiger partial charge >= 0.3 is 12.1 Å². The second-order valence-electron chi connectivity index (χ2n) is 9.21. The lowest BCUT2D eigenvalue weighted by atomic mass is 10.0. The minimum Gasteiger partial charge on any atom is -0.476 e. The van der Waals surface area contributed by atoms with E-state index in [-0.39, 0.29) is 39.4 Å². The molecule has 1 saturated heterocycles. The third-order valence-corrected chi connectivity index (χ3v) is 6.15. The quantitative estimate of drug-likeness (QED) is 0.359. The van der Waals surface area contributed by atoms with Crippen molar-refractivity contribution in [2.45, 2.75) is 25.6 Å². The number of H-pyrrole nitrogens is 1. The van der Waals surface area contributed by atoms with Crippen LogP contribution < -0.4 is 10.2 Å². The summed E-state index contributed by atoms with van der Waals surface area (Å²) in [5.41, 5.74) is 0.502. The highest BCUT2D eigenvalue weighted by Gasteiger charge is 2.34. The van der Waals surface area contributed by atoms with Gasteiger partial charge in [-0.2, -0.15) is 13.2 Å². The van der Waals surface area contributed by atoms with Crippen molar-refractivity contribution >= 4 is 22.6 Å². The first-order chi connectivity index (χ1) is 16.5. The summed E-state index contributed by atoms with van der Waals surface area (Å²) >= 11 is 0. The fourth-order valence-corrected chi connectivity index (χ4v) is 4.54. The summed E-state index contributed by atoms with van der Waals surface area (Å²) in [6.45, 7) is 6.77. The van der Waals surface area contributed by atoms with Crippen LogP contribution in [0.2, 0.25) is 0 Å². The monoisotopic (exact) mass is 484 g/mol. The summed E-state index contributed by atoms with van der Waals surface area (Å²) in [6, 6.07) is 11.0. The number of aromatic carboxylic acids is 1. The molecule has 5 rings (SSSR count). The van der Waals surface area contributed by atoms with Gasteiger partial charge in [-0.15, -0.1) is 0 Å². The number of piperazine rings is 1. The molecule has 3 N–H and O–H groups in total. The third-order valence-electron chi connectivity index (χ3n) is 6.15. The molecule has 7 nitrogen and oxygen atoms in total. The number of hydrogen-bond donors (Lipinski definition) is 3. The Labute approximate surface area is 198 Å². The van der Waals surface area contributed by atoms with Crippen LogP contribution >= 0.6 is 0 Å². The number of fused-ring (bicyclic) bond motifs is 1. The van der Waals surface area contributed by atoms with Crippen LogP contribution in [0.5, 0.6) is 0 Å². The number of nitrogens with zero attached hydrogens (tertiary/aromatic N) is 2. The van der Waals surface area contributed by atoms with E-state index in [1.165, 1.54) is 18.3 Å². The summed E-state index contributed by atoms with van der Waals surface area (Å²) in [4.78, 5) is 20.9. The van der Waals surface area contributed by atoms with Crippen LogP contribution in [-0.4, -0.2) is 46.2 Å². The van der Waals surface area contributed by atoms with Gasteiger partial charge in [0.25, 0.3) is 0 Å². The average molecular weight is 484 g/mol. The van der Waals surface area contributed by atoms with Crippen LogP contribution in [0.15, 0.2) is 53.1 Å². The molecule has 0 unspecified atom stereocenters. The van der Waals surface area contributed by atoms with Crippen LogP contribution in [-0.2, 0) is 6.18 Å². The highest BCUT2D eigenvalue weighted by atomic mass is 19.4. The fourth-order valence-electron chi connectivity index (χ4n) is 4.54. The number of halogens is 3. The van der Waals surface area contributed by atoms with E-state index in [0.717, 1.165) is 31.4 Å². The van der Waals surface area contributed by atoms with E-state index in [4.69, 9.17) is 4.42 Å². The highest BCUT2D eigenvalue weighted by Crippen LogP contribution is 2.39. The molecule has 35 heavy (non-hydrogen) atoms. The second-order valence-corrected chi connectivity index (χ2v) is 9.21. The molecule has 0 radical (unpaired) electrons. The van der Waals surface area contributed by atoms with E-state index < -0.39 is 17.7 Å². The van der Waals surface area contributed by atoms with Gasteiger partial charge in [-0.3, -0.25) is 0 Å². The maximum Gasteiger partial charge on any atom is 0.418 e. The van der Waals surface area contributed by atoms with E-state index in [9.17, 15) is 23.1 Å². The number of benzene rings is 2. The van der Waals surface area contributed by atoms with Gasteiger partial charge in [0, 0.05) is 53.6 Å². The molecule has 1 aliphatic rings. The Kier molecular flexibility index (Phi) is 5.36. The molecule has 2 aromatic heterocycles. The topological polar surface area (TPSA) is 94.4 Å². The number of carboxylic acid groups (broad SMARTS) is 1. The maximum absolute atomic E-state index is 13.4. The van der Waals surface area contributed by atoms with Gasteiger partial charge in [0.15, 0.2) is 11.5 Å². The summed E-state index contributed by atoms with van der Waals surface area (Å²) in [5.74, 6) is -1.31. The lowest BCUT2D eigenvalue weighted by Crippen LogP contribution is -2.57. The standard InChI is InChI=1S/C25H23F3N4O3/c1-24(2)13-32(12-11-30-24)15-5-3-14(4-6-15)21-20(23(33)34)31-22(35-21)17-7-8-18(25(26,27)28)19-16(17)9-10-29-19/h3-10,29-30H,11-13H2,1-2H3,(H,33,34). The SMILES string of the molecule is CC1(C)CN(c2ccc(-c3oc(-c4ccc(C(F)(F)F)c5[nH]ccc45)nc3C(=O)O)cc2)CCN1. The molecule has 1 aliphatic heterocycles. The predicted octanol–water partition coefficient (Wildman–Crippen LogP) is 5.40. The zero-order chi connectivity index (χ0) is 25.0. The van der Waals surface area contributed by atoms with Gasteiger partial charge < -0.3 is 24.7 Å². The molecule has 0 spiro atoms. The molecule has 0 bridgehead atoms. The minimum absolute atomic E-state index is 0.0293. The van der Waals surface area contributed by atoms with Crippen LogP contribution in [0.25, 0.3) is 33.7 Å². The lowest BCUT2D eigenvalue weighted by Gasteiger charge is -2.40. The van der Waals surface area contributed by atoms with Crippen molar-refractivity contribution in [2.24, 2.45) is 0 Å². The number of nitrogens with one attached hydrogen (secondary N) is 2. The molecule has 2 aromatic carbocycles. The van der Waals surface area contributed by atoms with Crippen molar-refractivity contribution in [3.8, 4) is 22.8 Å². The van der Waals surface area contributed by atoms with Crippen LogP contribution in [0.3, 0.4) is 0 Å². The molecular weight excluding hydrogens is 461 g/mol. The van der Waals surface area contributed by atoms with E-state index >= 15 is 0 Å². The molecule has 3 heterocycles. The largest absolute Gasteiger partial charge is 0.476 e. The van der Waals surface area contributed by atoms with Gasteiger partial charge in [0.1, 0.15) is 0 Å². The highest BCUT2D eigenvalue weighted by molar-refractivity contribution is 5.97. The Hall–Kier alpha value is -3.79. The van der Waals surface area contributed by atoms with E-state index in [1.54, 1.807) is 12.1 Å². The third kappa shape index (κ3) is 4.25. The number of carbonyl (C=O) groups is 1. The normalized spacial score (nSPS) is 16.1. The van der Waals surface area contributed by atoms with Crippen molar-refractivity contribution < 1.29 is 27.5 Å². The summed E-state index contributed by atoms with van der Waals surface area (Å²) in [7, 11) is 0. The number of aromatic amines is 1. The number of aromatic nitrogens is 2. The van der Waals surface area contributed by atoms with Crippen molar-refractivity contribution in [1.29, 1.82) is 0 Å². The zero-order valence-electron chi connectivity index (χ0n) is 19.0. The number of rotatable bonds is 4. The zero-order valence-corrected chi connectivity index (χ0v) is 19.0. The van der Waals surface area contributed by atoms with Crippen molar-refractivity contribution in [3.05, 3.63) is 59.9 Å². The van der Waals surface area contributed by atoms with Crippen LogP contribution in [0.1, 0.15) is 29.9 Å². The van der Waals surface area contributed by atoms with Crippen molar-refractivity contribution in [1.82, 2.24) is 15.3 Å². The number of oxazole rings is 1. The lowest BCUT2D eigenvalue weighted by molar-refractivity contribution is -0.136. The van der Waals surface area contributed by atoms with E-state index in [0.29, 0.717) is 5.56 Å². The Morgan fingerprint density at radius 2 is 1.89 bits per heavy atom. The molecule has 0 atom stereocenters. The maximum atomic E-state index is 13.4. The summed E-state index contributed by atoms with van der Waals surface area (Å²) < 4.78 is 46.0. The Morgan fingerprint density at radius 3 is 2.54 bits per heavy atom. The van der Waals surface area contributed by atoms with Gasteiger partial charge in [-0.1, -0.05) is 0 Å². The van der Waals surface area contributed by atoms with E-state index in [1.807, 2.05) is 12.1 Å². The van der Waals surface area contributed by atoms with Gasteiger partial charge in [-0.05, 0) is 56.3 Å². The molecule has 10 heteroatoms. The minimum atomic E-state index is -4.54. The van der Waals surface area contributed by atoms with Gasteiger partial charge in [0.2, 0.25) is 5.89 Å². The number of carboxylic acids is 1. The molecular formula is C25H23F3N4O3. The van der Waals surface area contributed by atoms with Crippen molar-refractivity contribution in [3.63, 3.8) is 0 Å². The molecule has 0 amide bonds. The second kappa shape index (κ2) is 8.16. The smallest absolute Gasteiger partial charge is 0.418 e. The molecule has 0 aliphatic carbocycles. The van der Waals surface area contributed by atoms with Crippen LogP contribution in [0.4, 0.5) is 18.9 Å². The molecule has 0 saturated carbocycles. The molecule has 1 fully saturated rings. The predicted molar refractivity (Wildman–Crippen MR) is 125 cm³/mol. The van der Waals surface area contributed by atoms with E-state index in [2.05, 4.69) is 34.0 Å². The first kappa shape index (κ1) is 23.0. The fraction of sp³-hybridized carbons (Fsp3) is 0.280. The molecule has 4 aromatic rings. The van der Waals surface area contributed by atoms with Crippen molar-refractivity contribution in [2.75, 3.05) is 24.5 Å². The Morgan fingerprint density at radius 1 is 1.14 bits per heavy atom. The first-order valence-electron chi connectivity index (χ1n) is 11.1. The van der Waals surface area contributed by atoms with Crippen LogP contribution in [0, 0.1) is 0 Å². The summed E-state index contributed by atoms with van der Waals surface area (Å²) in [5, 5.41) is 13.4. The van der Waals surface area contributed by atoms with Gasteiger partial charge in [0.05, 0.1) is 11.1 Å². The number of anilines is 1. The Bertz CT molecular complexity index is 1400.